The van der Waals surface area contributed by atoms with Crippen LogP contribution in [-0.4, -0.2) is 17.3 Å². The zero-order chi connectivity index (χ0) is 9.68. The van der Waals surface area contributed by atoms with Crippen LogP contribution in [0.2, 0.25) is 5.02 Å². The monoisotopic (exact) mass is 214 g/mol. The van der Waals surface area contributed by atoms with Crippen LogP contribution < -0.4 is 5.73 Å². The maximum absolute atomic E-state index is 5.91. The molecule has 0 aliphatic carbocycles. The summed E-state index contributed by atoms with van der Waals surface area (Å²) in [5, 5.41) is 1.51. The Morgan fingerprint density at radius 2 is 2.46 bits per heavy atom. The van der Waals surface area contributed by atoms with E-state index < -0.39 is 0 Å². The SMILES string of the molecule is C=C(CN)CSc1ncccc1Cl. The van der Waals surface area contributed by atoms with Gasteiger partial charge in [0.15, 0.2) is 0 Å². The lowest BCUT2D eigenvalue weighted by Gasteiger charge is -2.02. The molecule has 4 heteroatoms. The van der Waals surface area contributed by atoms with Gasteiger partial charge in [-0.25, -0.2) is 4.98 Å². The number of halogens is 1. The lowest BCUT2D eigenvalue weighted by Crippen LogP contribution is -2.03. The molecular weight excluding hydrogens is 204 g/mol. The fourth-order valence-electron chi connectivity index (χ4n) is 0.707. The third kappa shape index (κ3) is 3.38. The van der Waals surface area contributed by atoms with Crippen molar-refractivity contribution in [3.05, 3.63) is 35.5 Å². The van der Waals surface area contributed by atoms with Crippen LogP contribution in [0.25, 0.3) is 0 Å². The van der Waals surface area contributed by atoms with Crippen molar-refractivity contribution in [1.29, 1.82) is 0 Å². The Kier molecular flexibility index (Phi) is 4.28. The second-order valence-corrected chi connectivity index (χ2v) is 3.90. The molecule has 2 nitrogen and oxygen atoms in total. The summed E-state index contributed by atoms with van der Waals surface area (Å²) in [5.41, 5.74) is 6.40. The molecule has 0 aromatic carbocycles. The van der Waals surface area contributed by atoms with Gasteiger partial charge >= 0.3 is 0 Å². The van der Waals surface area contributed by atoms with Crippen LogP contribution >= 0.6 is 23.4 Å². The van der Waals surface area contributed by atoms with E-state index in [-0.39, 0.29) is 0 Å². The molecule has 0 unspecified atom stereocenters. The van der Waals surface area contributed by atoms with Crippen molar-refractivity contribution in [3.63, 3.8) is 0 Å². The predicted octanol–water partition coefficient (Wildman–Crippen LogP) is 2.34. The summed E-state index contributed by atoms with van der Waals surface area (Å²) in [4.78, 5) is 4.13. The Morgan fingerprint density at radius 3 is 3.08 bits per heavy atom. The normalized spacial score (nSPS) is 10.0. The highest BCUT2D eigenvalue weighted by molar-refractivity contribution is 7.99. The molecule has 2 N–H and O–H groups in total. The average Bonchev–Trinajstić information content (AvgIpc) is 2.16. The highest BCUT2D eigenvalue weighted by Gasteiger charge is 2.01. The van der Waals surface area contributed by atoms with Gasteiger partial charge in [0.05, 0.1) is 5.02 Å². The van der Waals surface area contributed by atoms with Crippen molar-refractivity contribution in [1.82, 2.24) is 4.98 Å². The lowest BCUT2D eigenvalue weighted by atomic mass is 10.4. The van der Waals surface area contributed by atoms with Gasteiger partial charge in [-0.05, 0) is 12.1 Å². The summed E-state index contributed by atoms with van der Waals surface area (Å²) in [6.45, 7) is 4.31. The topological polar surface area (TPSA) is 38.9 Å². The van der Waals surface area contributed by atoms with Gasteiger partial charge in [-0.2, -0.15) is 0 Å². The first-order valence-electron chi connectivity index (χ1n) is 3.84. The summed E-state index contributed by atoms with van der Waals surface area (Å²) in [6, 6.07) is 3.63. The standard InChI is InChI=1S/C9H11ClN2S/c1-7(5-11)6-13-9-8(10)3-2-4-12-9/h2-4H,1,5-6,11H2. The number of rotatable bonds is 4. The molecule has 1 rings (SSSR count). The van der Waals surface area contributed by atoms with E-state index in [1.807, 2.05) is 12.1 Å². The largest absolute Gasteiger partial charge is 0.327 e. The summed E-state index contributed by atoms with van der Waals surface area (Å²) in [5.74, 6) is 0.771. The number of pyridine rings is 1. The van der Waals surface area contributed by atoms with Gasteiger partial charge in [0.2, 0.25) is 0 Å². The molecule has 0 amide bonds. The van der Waals surface area contributed by atoms with E-state index in [0.717, 1.165) is 16.4 Å². The molecule has 1 aromatic heterocycles. The van der Waals surface area contributed by atoms with Crippen molar-refractivity contribution >= 4 is 23.4 Å². The molecule has 0 saturated carbocycles. The summed E-state index contributed by atoms with van der Waals surface area (Å²) in [7, 11) is 0. The van der Waals surface area contributed by atoms with Gasteiger partial charge in [-0.3, -0.25) is 0 Å². The van der Waals surface area contributed by atoms with E-state index in [0.29, 0.717) is 11.6 Å². The Balaban J connectivity index is 2.54. The Hall–Kier alpha value is -0.510. The quantitative estimate of drug-likeness (QED) is 0.618. The van der Waals surface area contributed by atoms with Crippen molar-refractivity contribution in [2.45, 2.75) is 5.03 Å². The van der Waals surface area contributed by atoms with Gasteiger partial charge in [-0.15, -0.1) is 11.8 Å². The molecule has 0 bridgehead atoms. The van der Waals surface area contributed by atoms with Crippen LogP contribution in [0.3, 0.4) is 0 Å². The minimum Gasteiger partial charge on any atom is -0.327 e. The lowest BCUT2D eigenvalue weighted by molar-refractivity contribution is 1.12. The maximum Gasteiger partial charge on any atom is 0.115 e. The molecule has 0 spiro atoms. The molecule has 0 saturated heterocycles. The van der Waals surface area contributed by atoms with Gasteiger partial charge in [0.25, 0.3) is 0 Å². The molecule has 13 heavy (non-hydrogen) atoms. The number of thioether (sulfide) groups is 1. The summed E-state index contributed by atoms with van der Waals surface area (Å²) < 4.78 is 0. The van der Waals surface area contributed by atoms with Crippen LogP contribution in [0.1, 0.15) is 0 Å². The van der Waals surface area contributed by atoms with E-state index in [4.69, 9.17) is 17.3 Å². The molecule has 70 valence electrons. The van der Waals surface area contributed by atoms with E-state index in [2.05, 4.69) is 11.6 Å². The molecular formula is C9H11ClN2S. The average molecular weight is 215 g/mol. The zero-order valence-electron chi connectivity index (χ0n) is 7.16. The number of aromatic nitrogens is 1. The first-order valence-corrected chi connectivity index (χ1v) is 5.20. The first kappa shape index (κ1) is 10.6. The Morgan fingerprint density at radius 1 is 1.69 bits per heavy atom. The predicted molar refractivity (Wildman–Crippen MR) is 58.2 cm³/mol. The fraction of sp³-hybridized carbons (Fsp3) is 0.222. The molecule has 0 aliphatic heterocycles. The first-order chi connectivity index (χ1) is 6.24. The number of hydrogen-bond donors (Lipinski definition) is 1. The smallest absolute Gasteiger partial charge is 0.115 e. The number of hydrogen-bond acceptors (Lipinski definition) is 3. The van der Waals surface area contributed by atoms with E-state index >= 15 is 0 Å². The van der Waals surface area contributed by atoms with Crippen molar-refractivity contribution in [2.24, 2.45) is 5.73 Å². The van der Waals surface area contributed by atoms with Crippen molar-refractivity contribution < 1.29 is 0 Å². The summed E-state index contributed by atoms with van der Waals surface area (Å²) in [6.07, 6.45) is 1.72. The third-order valence-corrected chi connectivity index (χ3v) is 2.99. The van der Waals surface area contributed by atoms with Crippen LogP contribution in [-0.2, 0) is 0 Å². The summed E-state index contributed by atoms with van der Waals surface area (Å²) >= 11 is 7.46. The van der Waals surface area contributed by atoms with Crippen molar-refractivity contribution in [2.75, 3.05) is 12.3 Å². The second-order valence-electron chi connectivity index (χ2n) is 2.53. The molecule has 1 heterocycles. The highest BCUT2D eigenvalue weighted by Crippen LogP contribution is 2.24. The van der Waals surface area contributed by atoms with Crippen LogP contribution in [0.5, 0.6) is 0 Å². The Bertz CT molecular complexity index is 301. The van der Waals surface area contributed by atoms with E-state index in [1.165, 1.54) is 0 Å². The van der Waals surface area contributed by atoms with Gasteiger partial charge < -0.3 is 5.73 Å². The minimum absolute atomic E-state index is 0.511. The molecule has 0 radical (unpaired) electrons. The van der Waals surface area contributed by atoms with Gasteiger partial charge in [0.1, 0.15) is 5.03 Å². The zero-order valence-corrected chi connectivity index (χ0v) is 8.74. The molecule has 0 fully saturated rings. The number of nitrogens with zero attached hydrogens (tertiary/aromatic N) is 1. The van der Waals surface area contributed by atoms with Crippen LogP contribution in [0, 0.1) is 0 Å². The fourth-order valence-corrected chi connectivity index (χ4v) is 1.79. The van der Waals surface area contributed by atoms with E-state index in [9.17, 15) is 0 Å². The maximum atomic E-state index is 5.91. The van der Waals surface area contributed by atoms with Crippen LogP contribution in [0.4, 0.5) is 0 Å². The highest BCUT2D eigenvalue weighted by atomic mass is 35.5. The minimum atomic E-state index is 0.511. The Labute approximate surface area is 87.2 Å². The molecule has 1 aromatic rings. The van der Waals surface area contributed by atoms with Gasteiger partial charge in [-0.1, -0.05) is 23.8 Å². The second kappa shape index (κ2) is 5.27. The van der Waals surface area contributed by atoms with Crippen LogP contribution in [0.15, 0.2) is 35.5 Å². The molecule has 0 atom stereocenters. The van der Waals surface area contributed by atoms with Crippen molar-refractivity contribution in [3.8, 4) is 0 Å². The molecule has 0 aliphatic rings. The van der Waals surface area contributed by atoms with Gasteiger partial charge in [0, 0.05) is 18.5 Å². The van der Waals surface area contributed by atoms with E-state index in [1.54, 1.807) is 18.0 Å². The number of nitrogens with two attached hydrogens (primary N) is 1. The third-order valence-electron chi connectivity index (χ3n) is 1.43.